The number of rotatable bonds is 7. The van der Waals surface area contributed by atoms with E-state index in [4.69, 9.17) is 0 Å². The second-order valence-corrected chi connectivity index (χ2v) is 8.79. The van der Waals surface area contributed by atoms with Crippen molar-refractivity contribution in [2.45, 2.75) is 6.61 Å². The van der Waals surface area contributed by atoms with Crippen molar-refractivity contribution in [1.82, 2.24) is 24.6 Å². The van der Waals surface area contributed by atoms with Crippen LogP contribution in [0.25, 0.3) is 21.9 Å². The average molecular weight is 490 g/mol. The van der Waals surface area contributed by atoms with Crippen molar-refractivity contribution < 1.29 is 14.3 Å². The molecule has 0 aliphatic carbocycles. The lowest BCUT2D eigenvalue weighted by molar-refractivity contribution is 0.102. The molecule has 1 amide bonds. The Hall–Kier alpha value is -3.89. The molecule has 5 rings (SSSR count). The number of halogens is 1. The molecule has 0 spiro atoms. The molecule has 1 fully saturated rings. The molecule has 0 saturated carbocycles. The highest BCUT2D eigenvalue weighted by atomic mass is 19.1. The Balaban J connectivity index is 1.33. The molecule has 1 saturated heterocycles. The van der Waals surface area contributed by atoms with E-state index in [1.165, 1.54) is 0 Å². The molecule has 3 aromatic heterocycles. The SMILES string of the molecule is Cn1ncc(-c2ccc3cnc(NC(=O)c4ccnc(N5CCN(CCF)CC5)c4)cc3c2)c1CO. The summed E-state index contributed by atoms with van der Waals surface area (Å²) in [7, 11) is 1.80. The molecule has 10 heteroatoms. The molecule has 1 aliphatic heterocycles. The number of aliphatic hydroxyl groups is 1. The second-order valence-electron chi connectivity index (χ2n) is 8.79. The molecule has 186 valence electrons. The molecule has 1 aliphatic rings. The van der Waals surface area contributed by atoms with E-state index in [2.05, 4.69) is 30.2 Å². The van der Waals surface area contributed by atoms with E-state index >= 15 is 0 Å². The van der Waals surface area contributed by atoms with Gasteiger partial charge in [0.05, 0.1) is 18.5 Å². The number of hydrogen-bond donors (Lipinski definition) is 2. The van der Waals surface area contributed by atoms with Crippen LogP contribution < -0.4 is 10.2 Å². The standard InChI is InChI=1S/C26H28FN7O2/c1-32-23(17-35)22(16-30-32)18-2-3-20-15-29-24(13-21(20)12-18)31-26(36)19-4-6-28-25(14-19)34-10-8-33(7-5-27)9-11-34/h2-4,6,12-16,35H,5,7-11,17H2,1H3,(H,29,31,36). The highest BCUT2D eigenvalue weighted by Gasteiger charge is 2.19. The summed E-state index contributed by atoms with van der Waals surface area (Å²) in [5, 5.41) is 18.7. The number of anilines is 2. The third-order valence-corrected chi connectivity index (χ3v) is 6.59. The van der Waals surface area contributed by atoms with Crippen molar-refractivity contribution in [3.8, 4) is 11.1 Å². The van der Waals surface area contributed by atoms with Crippen molar-refractivity contribution >= 4 is 28.3 Å². The van der Waals surface area contributed by atoms with E-state index in [9.17, 15) is 14.3 Å². The minimum Gasteiger partial charge on any atom is -0.390 e. The first kappa shape index (κ1) is 23.8. The molecular weight excluding hydrogens is 461 g/mol. The lowest BCUT2D eigenvalue weighted by Gasteiger charge is -2.35. The van der Waals surface area contributed by atoms with Gasteiger partial charge in [-0.25, -0.2) is 14.4 Å². The number of carbonyl (C=O) groups excluding carboxylic acids is 1. The highest BCUT2D eigenvalue weighted by molar-refractivity contribution is 6.05. The van der Waals surface area contributed by atoms with E-state index in [-0.39, 0.29) is 19.2 Å². The molecule has 9 nitrogen and oxygen atoms in total. The summed E-state index contributed by atoms with van der Waals surface area (Å²) >= 11 is 0. The van der Waals surface area contributed by atoms with Gasteiger partial charge in [-0.2, -0.15) is 5.10 Å². The maximum absolute atomic E-state index is 13.0. The summed E-state index contributed by atoms with van der Waals surface area (Å²) < 4.78 is 14.3. The minimum absolute atomic E-state index is 0.108. The Bertz CT molecular complexity index is 1380. The number of carbonyl (C=O) groups is 1. The van der Waals surface area contributed by atoms with Crippen LogP contribution in [0.1, 0.15) is 16.1 Å². The van der Waals surface area contributed by atoms with Gasteiger partial charge in [0.25, 0.3) is 5.91 Å². The Kier molecular flexibility index (Phi) is 6.88. The van der Waals surface area contributed by atoms with Gasteiger partial charge in [-0.3, -0.25) is 14.4 Å². The average Bonchev–Trinajstić information content (AvgIpc) is 3.29. The number of aliphatic hydroxyl groups excluding tert-OH is 1. The van der Waals surface area contributed by atoms with Crippen LogP contribution in [0.5, 0.6) is 0 Å². The quantitative estimate of drug-likeness (QED) is 0.412. The van der Waals surface area contributed by atoms with Crippen LogP contribution in [0.15, 0.2) is 55.0 Å². The van der Waals surface area contributed by atoms with E-state index < -0.39 is 0 Å². The smallest absolute Gasteiger partial charge is 0.257 e. The van der Waals surface area contributed by atoms with E-state index in [1.54, 1.807) is 42.5 Å². The number of amides is 1. The summed E-state index contributed by atoms with van der Waals surface area (Å²) in [4.78, 5) is 26.0. The minimum atomic E-state index is -0.342. The zero-order valence-electron chi connectivity index (χ0n) is 20.1. The summed E-state index contributed by atoms with van der Waals surface area (Å²) in [6.45, 7) is 3.01. The number of nitrogens with one attached hydrogen (secondary N) is 1. The number of alkyl halides is 1. The monoisotopic (exact) mass is 489 g/mol. The van der Waals surface area contributed by atoms with Crippen LogP contribution in [0, 0.1) is 0 Å². The Labute approximate surface area is 208 Å². The number of aryl methyl sites for hydroxylation is 1. The van der Waals surface area contributed by atoms with Crippen LogP contribution in [0.2, 0.25) is 0 Å². The number of nitrogens with zero attached hydrogens (tertiary/aromatic N) is 6. The first-order chi connectivity index (χ1) is 17.6. The Morgan fingerprint density at radius 3 is 2.67 bits per heavy atom. The van der Waals surface area contributed by atoms with E-state index in [1.807, 2.05) is 24.3 Å². The van der Waals surface area contributed by atoms with Crippen molar-refractivity contribution in [2.75, 3.05) is 49.6 Å². The third-order valence-electron chi connectivity index (χ3n) is 6.59. The van der Waals surface area contributed by atoms with Crippen molar-refractivity contribution in [1.29, 1.82) is 0 Å². The molecule has 0 atom stereocenters. The lowest BCUT2D eigenvalue weighted by atomic mass is 10.0. The van der Waals surface area contributed by atoms with Crippen LogP contribution in [-0.2, 0) is 13.7 Å². The summed E-state index contributed by atoms with van der Waals surface area (Å²) in [6.07, 6.45) is 5.09. The number of pyridine rings is 2. The van der Waals surface area contributed by atoms with Gasteiger partial charge in [0, 0.05) is 68.7 Å². The van der Waals surface area contributed by atoms with Gasteiger partial charge >= 0.3 is 0 Å². The van der Waals surface area contributed by atoms with Gasteiger partial charge in [0.1, 0.15) is 18.3 Å². The predicted octanol–water partition coefficient (Wildman–Crippen LogP) is 2.87. The summed E-state index contributed by atoms with van der Waals surface area (Å²) in [5.74, 6) is 0.902. The molecule has 4 heterocycles. The zero-order chi connectivity index (χ0) is 25.1. The van der Waals surface area contributed by atoms with Gasteiger partial charge in [-0.15, -0.1) is 0 Å². The van der Waals surface area contributed by atoms with Crippen molar-refractivity contribution in [2.24, 2.45) is 7.05 Å². The highest BCUT2D eigenvalue weighted by Crippen LogP contribution is 2.28. The molecule has 0 bridgehead atoms. The molecule has 0 radical (unpaired) electrons. The van der Waals surface area contributed by atoms with Crippen LogP contribution in [0.4, 0.5) is 16.0 Å². The first-order valence-electron chi connectivity index (χ1n) is 11.9. The molecule has 0 unspecified atom stereocenters. The second kappa shape index (κ2) is 10.4. The fourth-order valence-corrected chi connectivity index (χ4v) is 4.51. The number of fused-ring (bicyclic) bond motifs is 1. The number of hydrogen-bond acceptors (Lipinski definition) is 7. The predicted molar refractivity (Wildman–Crippen MR) is 137 cm³/mol. The molecule has 36 heavy (non-hydrogen) atoms. The van der Waals surface area contributed by atoms with Crippen molar-refractivity contribution in [3.05, 3.63) is 66.2 Å². The van der Waals surface area contributed by atoms with Gasteiger partial charge < -0.3 is 15.3 Å². The number of benzene rings is 1. The van der Waals surface area contributed by atoms with Crippen molar-refractivity contribution in [3.63, 3.8) is 0 Å². The maximum Gasteiger partial charge on any atom is 0.257 e. The first-order valence-corrected chi connectivity index (χ1v) is 11.9. The Morgan fingerprint density at radius 1 is 1.06 bits per heavy atom. The number of aromatic nitrogens is 4. The normalized spacial score (nSPS) is 14.4. The topological polar surface area (TPSA) is 99.4 Å². The Morgan fingerprint density at radius 2 is 1.89 bits per heavy atom. The van der Waals surface area contributed by atoms with Gasteiger partial charge in [-0.1, -0.05) is 12.1 Å². The molecule has 2 N–H and O–H groups in total. The largest absolute Gasteiger partial charge is 0.390 e. The summed E-state index contributed by atoms with van der Waals surface area (Å²) in [6, 6.07) is 11.2. The molecule has 1 aromatic carbocycles. The van der Waals surface area contributed by atoms with Crippen LogP contribution >= 0.6 is 0 Å². The molecular formula is C26H28FN7O2. The fraction of sp³-hybridized carbons (Fsp3) is 0.308. The van der Waals surface area contributed by atoms with E-state index in [0.29, 0.717) is 17.9 Å². The zero-order valence-corrected chi connectivity index (χ0v) is 20.1. The third kappa shape index (κ3) is 4.91. The van der Waals surface area contributed by atoms with Crippen LogP contribution in [0.3, 0.4) is 0 Å². The van der Waals surface area contributed by atoms with Gasteiger partial charge in [0.15, 0.2) is 0 Å². The van der Waals surface area contributed by atoms with Crippen LogP contribution in [-0.4, -0.2) is 75.1 Å². The summed E-state index contributed by atoms with van der Waals surface area (Å²) in [5.41, 5.74) is 3.01. The van der Waals surface area contributed by atoms with Gasteiger partial charge in [0.2, 0.25) is 0 Å². The maximum atomic E-state index is 13.0. The number of piperazine rings is 1. The van der Waals surface area contributed by atoms with E-state index in [0.717, 1.165) is 59.6 Å². The molecule has 4 aromatic rings. The fourth-order valence-electron chi connectivity index (χ4n) is 4.51. The van der Waals surface area contributed by atoms with Gasteiger partial charge in [-0.05, 0) is 35.2 Å². The lowest BCUT2D eigenvalue weighted by Crippen LogP contribution is -2.47.